The van der Waals surface area contributed by atoms with Gasteiger partial charge in [-0.3, -0.25) is 9.48 Å². The van der Waals surface area contributed by atoms with Gasteiger partial charge in [-0.25, -0.2) is 4.98 Å². The predicted molar refractivity (Wildman–Crippen MR) is 82.9 cm³/mol. The van der Waals surface area contributed by atoms with E-state index >= 15 is 0 Å². The van der Waals surface area contributed by atoms with Gasteiger partial charge in [0.1, 0.15) is 11.5 Å². The van der Waals surface area contributed by atoms with Crippen LogP contribution in [-0.2, 0) is 7.05 Å². The van der Waals surface area contributed by atoms with Crippen molar-refractivity contribution in [1.82, 2.24) is 24.9 Å². The molecule has 8 nitrogen and oxygen atoms in total. The molecule has 0 saturated carbocycles. The molecule has 0 spiro atoms. The van der Waals surface area contributed by atoms with Crippen LogP contribution >= 0.6 is 0 Å². The topological polar surface area (TPSA) is 98.7 Å². The maximum Gasteiger partial charge on any atom is 0.275 e. The molecular weight excluding hydrogens is 296 g/mol. The minimum atomic E-state index is -0.302. The van der Waals surface area contributed by atoms with Crippen molar-refractivity contribution in [3.63, 3.8) is 0 Å². The first kappa shape index (κ1) is 14.9. The summed E-state index contributed by atoms with van der Waals surface area (Å²) >= 11 is 0. The fourth-order valence-electron chi connectivity index (χ4n) is 2.38. The molecule has 0 aromatic carbocycles. The summed E-state index contributed by atoms with van der Waals surface area (Å²) in [5.41, 5.74) is 2.76. The van der Waals surface area contributed by atoms with Crippen molar-refractivity contribution in [3.8, 4) is 11.4 Å². The Morgan fingerprint density at radius 1 is 1.26 bits per heavy atom. The van der Waals surface area contributed by atoms with Crippen LogP contribution in [0.15, 0.2) is 22.9 Å². The zero-order chi connectivity index (χ0) is 16.6. The normalized spacial score (nSPS) is 10.8. The molecule has 3 rings (SSSR count). The Morgan fingerprint density at radius 3 is 2.65 bits per heavy atom. The number of nitrogens with one attached hydrogen (secondary N) is 1. The van der Waals surface area contributed by atoms with Gasteiger partial charge in [0.05, 0.1) is 5.56 Å². The first-order valence-electron chi connectivity index (χ1n) is 7.04. The number of pyridine rings is 1. The summed E-state index contributed by atoms with van der Waals surface area (Å²) in [7, 11) is 1.70. The van der Waals surface area contributed by atoms with E-state index in [0.29, 0.717) is 28.8 Å². The highest BCUT2D eigenvalue weighted by molar-refractivity contribution is 6.04. The number of hydrogen-bond donors (Lipinski definition) is 1. The van der Waals surface area contributed by atoms with E-state index in [1.807, 2.05) is 19.9 Å². The number of rotatable bonds is 3. The van der Waals surface area contributed by atoms with E-state index < -0.39 is 0 Å². The van der Waals surface area contributed by atoms with Crippen LogP contribution in [0.5, 0.6) is 0 Å². The Bertz CT molecular complexity index is 880. The number of aryl methyl sites for hydroxylation is 4. The number of carbonyl (C=O) groups excluding carboxylic acids is 1. The van der Waals surface area contributed by atoms with Gasteiger partial charge in [-0.05, 0) is 31.5 Å². The van der Waals surface area contributed by atoms with Gasteiger partial charge in [0.2, 0.25) is 11.7 Å². The van der Waals surface area contributed by atoms with Gasteiger partial charge in [-0.15, -0.1) is 0 Å². The summed E-state index contributed by atoms with van der Waals surface area (Å²) in [5, 5.41) is 10.7. The molecule has 0 fully saturated rings. The van der Waals surface area contributed by atoms with Crippen molar-refractivity contribution in [2.45, 2.75) is 20.8 Å². The molecule has 8 heteroatoms. The van der Waals surface area contributed by atoms with Crippen LogP contribution in [-0.4, -0.2) is 30.8 Å². The molecule has 0 radical (unpaired) electrons. The highest BCUT2D eigenvalue weighted by Crippen LogP contribution is 2.28. The summed E-state index contributed by atoms with van der Waals surface area (Å²) in [6.45, 7) is 5.48. The number of carbonyl (C=O) groups is 1. The highest BCUT2D eigenvalue weighted by Gasteiger charge is 2.19. The molecular formula is C15H16N6O2. The van der Waals surface area contributed by atoms with E-state index in [4.69, 9.17) is 4.52 Å². The molecule has 0 aliphatic carbocycles. The highest BCUT2D eigenvalue weighted by atomic mass is 16.5. The molecule has 3 aromatic heterocycles. The van der Waals surface area contributed by atoms with Crippen molar-refractivity contribution in [2.24, 2.45) is 7.05 Å². The smallest absolute Gasteiger partial charge is 0.275 e. The number of nitrogens with zero attached hydrogens (tertiary/aromatic N) is 5. The second-order valence-electron chi connectivity index (χ2n) is 5.24. The fraction of sp³-hybridized carbons (Fsp3) is 0.267. The number of aromatic nitrogens is 5. The lowest BCUT2D eigenvalue weighted by atomic mass is 10.1. The molecule has 0 aliphatic rings. The average Bonchev–Trinajstić information content (AvgIpc) is 3.07. The lowest BCUT2D eigenvalue weighted by molar-refractivity contribution is 0.101. The summed E-state index contributed by atoms with van der Waals surface area (Å²) in [6.07, 6.45) is 1.56. The van der Waals surface area contributed by atoms with E-state index in [0.717, 1.165) is 11.3 Å². The third-order valence-electron chi connectivity index (χ3n) is 3.38. The molecule has 0 unspecified atom stereocenters. The van der Waals surface area contributed by atoms with Crippen LogP contribution in [0, 0.1) is 20.8 Å². The van der Waals surface area contributed by atoms with Crippen molar-refractivity contribution in [3.05, 3.63) is 41.2 Å². The van der Waals surface area contributed by atoms with Gasteiger partial charge in [0.25, 0.3) is 5.91 Å². The number of hydrogen-bond acceptors (Lipinski definition) is 6. The van der Waals surface area contributed by atoms with Crippen molar-refractivity contribution in [1.29, 1.82) is 0 Å². The maximum absolute atomic E-state index is 12.4. The van der Waals surface area contributed by atoms with Crippen LogP contribution in [0.3, 0.4) is 0 Å². The van der Waals surface area contributed by atoms with Gasteiger partial charge >= 0.3 is 0 Å². The maximum atomic E-state index is 12.4. The molecule has 118 valence electrons. The van der Waals surface area contributed by atoms with Crippen LogP contribution < -0.4 is 5.32 Å². The molecule has 3 aromatic rings. The Labute approximate surface area is 132 Å². The Morgan fingerprint density at radius 2 is 2.04 bits per heavy atom. The minimum absolute atomic E-state index is 0.302. The number of amides is 1. The molecule has 1 N–H and O–H groups in total. The molecule has 0 saturated heterocycles. The summed E-state index contributed by atoms with van der Waals surface area (Å²) in [5.74, 6) is 0.940. The zero-order valence-electron chi connectivity index (χ0n) is 13.3. The van der Waals surface area contributed by atoms with Crippen molar-refractivity contribution >= 4 is 11.7 Å². The Balaban J connectivity index is 2.05. The van der Waals surface area contributed by atoms with E-state index in [9.17, 15) is 4.79 Å². The van der Waals surface area contributed by atoms with Crippen LogP contribution in [0.2, 0.25) is 0 Å². The van der Waals surface area contributed by atoms with Gasteiger partial charge in [0, 0.05) is 25.9 Å². The van der Waals surface area contributed by atoms with Gasteiger partial charge in [0.15, 0.2) is 0 Å². The fourth-order valence-corrected chi connectivity index (χ4v) is 2.38. The van der Waals surface area contributed by atoms with E-state index in [-0.39, 0.29) is 5.91 Å². The molecule has 3 heterocycles. The molecule has 23 heavy (non-hydrogen) atoms. The molecule has 0 atom stereocenters. The van der Waals surface area contributed by atoms with E-state index in [1.54, 1.807) is 26.2 Å². The lowest BCUT2D eigenvalue weighted by Crippen LogP contribution is -2.18. The average molecular weight is 312 g/mol. The standard InChI is InChI=1S/C15H16N6O2/c1-8-7-9(2)17-13(12(8)14-18-10(3)23-20-14)19-15(22)11-5-6-16-21(11)4/h5-7H,1-4H3,(H,17,19,22). The third kappa shape index (κ3) is 2.83. The second kappa shape index (κ2) is 5.64. The van der Waals surface area contributed by atoms with E-state index in [2.05, 4.69) is 25.5 Å². The quantitative estimate of drug-likeness (QED) is 0.794. The van der Waals surface area contributed by atoms with E-state index in [1.165, 1.54) is 4.68 Å². The van der Waals surface area contributed by atoms with Gasteiger partial charge in [-0.1, -0.05) is 5.16 Å². The first-order valence-corrected chi connectivity index (χ1v) is 7.04. The first-order chi connectivity index (χ1) is 11.0. The van der Waals surface area contributed by atoms with Crippen LogP contribution in [0.1, 0.15) is 27.6 Å². The van der Waals surface area contributed by atoms with Crippen LogP contribution in [0.4, 0.5) is 5.82 Å². The summed E-state index contributed by atoms with van der Waals surface area (Å²) < 4.78 is 6.54. The van der Waals surface area contributed by atoms with Crippen molar-refractivity contribution < 1.29 is 9.32 Å². The summed E-state index contributed by atoms with van der Waals surface area (Å²) in [4.78, 5) is 21.1. The zero-order valence-corrected chi connectivity index (χ0v) is 13.3. The largest absolute Gasteiger partial charge is 0.339 e. The Kier molecular flexibility index (Phi) is 3.65. The van der Waals surface area contributed by atoms with Gasteiger partial charge < -0.3 is 9.84 Å². The van der Waals surface area contributed by atoms with Crippen LogP contribution in [0.25, 0.3) is 11.4 Å². The second-order valence-corrected chi connectivity index (χ2v) is 5.24. The lowest BCUT2D eigenvalue weighted by Gasteiger charge is -2.11. The number of anilines is 1. The predicted octanol–water partition coefficient (Wildman–Crippen LogP) is 2.04. The molecule has 0 aliphatic heterocycles. The van der Waals surface area contributed by atoms with Gasteiger partial charge in [-0.2, -0.15) is 10.1 Å². The monoisotopic (exact) mass is 312 g/mol. The Hall–Kier alpha value is -3.03. The molecule has 0 bridgehead atoms. The third-order valence-corrected chi connectivity index (χ3v) is 3.38. The molecule has 1 amide bonds. The van der Waals surface area contributed by atoms with Crippen molar-refractivity contribution in [2.75, 3.05) is 5.32 Å². The minimum Gasteiger partial charge on any atom is -0.339 e. The SMILES string of the molecule is Cc1cc(C)c(-c2noc(C)n2)c(NC(=O)c2ccnn2C)n1. The summed E-state index contributed by atoms with van der Waals surface area (Å²) in [6, 6.07) is 3.54.